The molecule has 1 aliphatic heterocycles. The third-order valence-corrected chi connectivity index (χ3v) is 5.10. The summed E-state index contributed by atoms with van der Waals surface area (Å²) < 4.78 is 22.8. The van der Waals surface area contributed by atoms with E-state index in [2.05, 4.69) is 11.0 Å². The van der Waals surface area contributed by atoms with E-state index in [0.29, 0.717) is 17.9 Å². The maximum atomic E-state index is 11.4. The average Bonchev–Trinajstić information content (AvgIpc) is 2.71. The van der Waals surface area contributed by atoms with Gasteiger partial charge in [-0.05, 0) is 31.2 Å². The number of benzene rings is 1. The summed E-state index contributed by atoms with van der Waals surface area (Å²) in [5.41, 5.74) is 1.74. The predicted molar refractivity (Wildman–Crippen MR) is 69.7 cm³/mol. The SMILES string of the molecule is CN(Cc1ccc(C#N)cc1)C1CCS(=O)(=O)C1. The Morgan fingerprint density at radius 1 is 1.39 bits per heavy atom. The lowest BCUT2D eigenvalue weighted by Crippen LogP contribution is -2.32. The number of sulfone groups is 1. The predicted octanol–water partition coefficient (Wildman–Crippen LogP) is 1.18. The van der Waals surface area contributed by atoms with Crippen molar-refractivity contribution in [2.45, 2.75) is 19.0 Å². The Labute approximate surface area is 108 Å². The summed E-state index contributed by atoms with van der Waals surface area (Å²) in [5, 5.41) is 8.71. The zero-order valence-electron chi connectivity index (χ0n) is 10.3. The second-order valence-electron chi connectivity index (χ2n) is 4.78. The highest BCUT2D eigenvalue weighted by Gasteiger charge is 2.30. The first-order valence-electron chi connectivity index (χ1n) is 5.90. The van der Waals surface area contributed by atoms with E-state index in [9.17, 15) is 8.42 Å². The molecule has 0 amide bonds. The summed E-state index contributed by atoms with van der Waals surface area (Å²) in [7, 11) is -0.880. The topological polar surface area (TPSA) is 61.2 Å². The molecule has 1 heterocycles. The number of hydrogen-bond donors (Lipinski definition) is 0. The van der Waals surface area contributed by atoms with Crippen molar-refractivity contribution in [2.24, 2.45) is 0 Å². The van der Waals surface area contributed by atoms with Crippen molar-refractivity contribution >= 4 is 9.84 Å². The van der Waals surface area contributed by atoms with Gasteiger partial charge in [0.05, 0.1) is 23.1 Å². The zero-order valence-corrected chi connectivity index (χ0v) is 11.2. The Morgan fingerprint density at radius 2 is 2.06 bits per heavy atom. The number of rotatable bonds is 3. The fourth-order valence-electron chi connectivity index (χ4n) is 2.22. The smallest absolute Gasteiger partial charge is 0.151 e. The number of hydrogen-bond acceptors (Lipinski definition) is 4. The van der Waals surface area contributed by atoms with Crippen LogP contribution in [0.15, 0.2) is 24.3 Å². The van der Waals surface area contributed by atoms with E-state index in [0.717, 1.165) is 12.0 Å². The van der Waals surface area contributed by atoms with Crippen molar-refractivity contribution in [3.63, 3.8) is 0 Å². The van der Waals surface area contributed by atoms with Crippen molar-refractivity contribution in [1.29, 1.82) is 5.26 Å². The maximum Gasteiger partial charge on any atom is 0.151 e. The normalized spacial score (nSPS) is 21.9. The van der Waals surface area contributed by atoms with Gasteiger partial charge in [-0.15, -0.1) is 0 Å². The second-order valence-corrected chi connectivity index (χ2v) is 7.01. The fraction of sp³-hybridized carbons (Fsp3) is 0.462. The highest BCUT2D eigenvalue weighted by Crippen LogP contribution is 2.18. The van der Waals surface area contributed by atoms with Gasteiger partial charge in [-0.1, -0.05) is 12.1 Å². The van der Waals surface area contributed by atoms with E-state index in [1.54, 1.807) is 12.1 Å². The third-order valence-electron chi connectivity index (χ3n) is 3.35. The van der Waals surface area contributed by atoms with Crippen LogP contribution < -0.4 is 0 Å². The molecule has 0 aliphatic carbocycles. The summed E-state index contributed by atoms with van der Waals surface area (Å²) in [4.78, 5) is 2.08. The largest absolute Gasteiger partial charge is 0.298 e. The van der Waals surface area contributed by atoms with E-state index in [1.807, 2.05) is 19.2 Å². The molecule has 1 saturated heterocycles. The Kier molecular flexibility index (Phi) is 3.69. The summed E-state index contributed by atoms with van der Waals surface area (Å²) in [6, 6.07) is 9.60. The van der Waals surface area contributed by atoms with Crippen LogP contribution in [0.5, 0.6) is 0 Å². The van der Waals surface area contributed by atoms with E-state index in [1.165, 1.54) is 0 Å². The molecule has 0 radical (unpaired) electrons. The maximum absolute atomic E-state index is 11.4. The molecule has 1 unspecified atom stereocenters. The third kappa shape index (κ3) is 3.09. The lowest BCUT2D eigenvalue weighted by molar-refractivity contribution is 0.254. The molecule has 1 fully saturated rings. The lowest BCUT2D eigenvalue weighted by Gasteiger charge is -2.23. The Morgan fingerprint density at radius 3 is 2.56 bits per heavy atom. The van der Waals surface area contributed by atoms with Gasteiger partial charge >= 0.3 is 0 Å². The minimum absolute atomic E-state index is 0.116. The minimum atomic E-state index is -2.83. The first kappa shape index (κ1) is 13.1. The van der Waals surface area contributed by atoms with Crippen LogP contribution in [0.25, 0.3) is 0 Å². The number of nitriles is 1. The molecule has 5 heteroatoms. The van der Waals surface area contributed by atoms with Gasteiger partial charge in [-0.2, -0.15) is 5.26 Å². The monoisotopic (exact) mass is 264 g/mol. The standard InChI is InChI=1S/C13H16N2O2S/c1-15(13-6-7-18(16,17)10-13)9-12-4-2-11(8-14)3-5-12/h2-5,13H,6-7,9-10H2,1H3. The molecular weight excluding hydrogens is 248 g/mol. The van der Waals surface area contributed by atoms with Gasteiger partial charge in [0.25, 0.3) is 0 Å². The molecule has 1 aromatic rings. The lowest BCUT2D eigenvalue weighted by atomic mass is 10.1. The first-order valence-corrected chi connectivity index (χ1v) is 7.72. The molecule has 0 aromatic heterocycles. The molecular formula is C13H16N2O2S. The quantitative estimate of drug-likeness (QED) is 0.822. The molecule has 18 heavy (non-hydrogen) atoms. The van der Waals surface area contributed by atoms with Gasteiger partial charge in [0.1, 0.15) is 0 Å². The van der Waals surface area contributed by atoms with Gasteiger partial charge in [0.2, 0.25) is 0 Å². The van der Waals surface area contributed by atoms with Crippen molar-refractivity contribution in [3.05, 3.63) is 35.4 Å². The van der Waals surface area contributed by atoms with Crippen LogP contribution in [0.2, 0.25) is 0 Å². The van der Waals surface area contributed by atoms with Crippen molar-refractivity contribution < 1.29 is 8.42 Å². The molecule has 1 aliphatic rings. The van der Waals surface area contributed by atoms with Gasteiger partial charge in [0.15, 0.2) is 9.84 Å². The van der Waals surface area contributed by atoms with E-state index < -0.39 is 9.84 Å². The summed E-state index contributed by atoms with van der Waals surface area (Å²) >= 11 is 0. The van der Waals surface area contributed by atoms with Crippen molar-refractivity contribution in [2.75, 3.05) is 18.6 Å². The Balaban J connectivity index is 1.99. The summed E-state index contributed by atoms with van der Waals surface area (Å²) in [5.74, 6) is 0.565. The molecule has 96 valence electrons. The van der Waals surface area contributed by atoms with Crippen LogP contribution >= 0.6 is 0 Å². The van der Waals surface area contributed by atoms with E-state index >= 15 is 0 Å². The molecule has 1 aromatic carbocycles. The Hall–Kier alpha value is -1.38. The molecule has 4 nitrogen and oxygen atoms in total. The van der Waals surface area contributed by atoms with Crippen molar-refractivity contribution in [3.8, 4) is 6.07 Å². The fourth-order valence-corrected chi connectivity index (χ4v) is 4.03. The van der Waals surface area contributed by atoms with Crippen LogP contribution in [-0.4, -0.2) is 37.9 Å². The summed E-state index contributed by atoms with van der Waals surface area (Å²) in [6.45, 7) is 0.714. The molecule has 0 bridgehead atoms. The van der Waals surface area contributed by atoms with Gasteiger partial charge in [-0.25, -0.2) is 8.42 Å². The number of nitrogens with zero attached hydrogens (tertiary/aromatic N) is 2. The van der Waals surface area contributed by atoms with Gasteiger partial charge < -0.3 is 0 Å². The van der Waals surface area contributed by atoms with Crippen LogP contribution in [0, 0.1) is 11.3 Å². The molecule has 0 spiro atoms. The van der Waals surface area contributed by atoms with Gasteiger partial charge in [-0.3, -0.25) is 4.90 Å². The minimum Gasteiger partial charge on any atom is -0.298 e. The molecule has 1 atom stereocenters. The van der Waals surface area contributed by atoms with Gasteiger partial charge in [0, 0.05) is 12.6 Å². The van der Waals surface area contributed by atoms with Crippen LogP contribution in [-0.2, 0) is 16.4 Å². The highest BCUT2D eigenvalue weighted by molar-refractivity contribution is 7.91. The molecule has 2 rings (SSSR count). The van der Waals surface area contributed by atoms with Crippen LogP contribution in [0.4, 0.5) is 0 Å². The molecule has 0 N–H and O–H groups in total. The van der Waals surface area contributed by atoms with Crippen LogP contribution in [0.3, 0.4) is 0 Å². The molecule has 0 saturated carbocycles. The zero-order chi connectivity index (χ0) is 13.2. The van der Waals surface area contributed by atoms with Crippen LogP contribution in [0.1, 0.15) is 17.5 Å². The van der Waals surface area contributed by atoms with E-state index in [4.69, 9.17) is 5.26 Å². The van der Waals surface area contributed by atoms with E-state index in [-0.39, 0.29) is 11.8 Å². The first-order chi connectivity index (χ1) is 8.50. The summed E-state index contributed by atoms with van der Waals surface area (Å²) in [6.07, 6.45) is 0.717. The van der Waals surface area contributed by atoms with Crippen molar-refractivity contribution in [1.82, 2.24) is 4.90 Å². The highest BCUT2D eigenvalue weighted by atomic mass is 32.2. The average molecular weight is 264 g/mol. The second kappa shape index (κ2) is 5.09. The Bertz CT molecular complexity index is 558.